The fourth-order valence-corrected chi connectivity index (χ4v) is 5.09. The second kappa shape index (κ2) is 8.45. The topological polar surface area (TPSA) is 45.7 Å². The number of thioether (sulfide) groups is 1. The monoisotopic (exact) mass is 361 g/mol. The van der Waals surface area contributed by atoms with Crippen molar-refractivity contribution in [1.82, 2.24) is 10.6 Å². The van der Waals surface area contributed by atoms with E-state index < -0.39 is 0 Å². The Kier molecular flexibility index (Phi) is 6.29. The summed E-state index contributed by atoms with van der Waals surface area (Å²) in [6.45, 7) is 5.88. The first kappa shape index (κ1) is 18.6. The van der Waals surface area contributed by atoms with E-state index in [0.29, 0.717) is 4.75 Å². The van der Waals surface area contributed by atoms with Crippen LogP contribution in [0.2, 0.25) is 0 Å². The normalized spacial score (nSPS) is 26.4. The van der Waals surface area contributed by atoms with Crippen LogP contribution in [0.1, 0.15) is 38.2 Å². The minimum Gasteiger partial charge on any atom is -0.381 e. The highest BCUT2D eigenvalue weighted by atomic mass is 32.2. The number of nitrogens with one attached hydrogen (secondary N) is 2. The van der Waals surface area contributed by atoms with E-state index in [1.165, 1.54) is 24.2 Å². The molecule has 2 N–H and O–H groups in total. The summed E-state index contributed by atoms with van der Waals surface area (Å²) in [4.78, 5) is 4.44. The smallest absolute Gasteiger partial charge is 0.191 e. The first-order valence-corrected chi connectivity index (χ1v) is 10.4. The van der Waals surface area contributed by atoms with Crippen molar-refractivity contribution >= 4 is 17.7 Å². The van der Waals surface area contributed by atoms with Gasteiger partial charge in [-0.25, -0.2) is 0 Å². The first-order chi connectivity index (χ1) is 12.2. The summed E-state index contributed by atoms with van der Waals surface area (Å²) < 4.78 is 5.97. The molecule has 138 valence electrons. The van der Waals surface area contributed by atoms with Crippen molar-refractivity contribution in [3.63, 3.8) is 0 Å². The van der Waals surface area contributed by atoms with Crippen molar-refractivity contribution < 1.29 is 4.74 Å². The number of guanidine groups is 1. The summed E-state index contributed by atoms with van der Waals surface area (Å²) in [5, 5.41) is 7.14. The van der Waals surface area contributed by atoms with Gasteiger partial charge in [0, 0.05) is 43.5 Å². The zero-order valence-electron chi connectivity index (χ0n) is 15.5. The van der Waals surface area contributed by atoms with Crippen molar-refractivity contribution in [2.24, 2.45) is 4.99 Å². The second-order valence-corrected chi connectivity index (χ2v) is 9.12. The van der Waals surface area contributed by atoms with Gasteiger partial charge in [-0.3, -0.25) is 4.99 Å². The Bertz CT molecular complexity index is 564. The number of benzene rings is 1. The highest BCUT2D eigenvalue weighted by Crippen LogP contribution is 2.37. The van der Waals surface area contributed by atoms with E-state index in [1.807, 2.05) is 7.05 Å². The van der Waals surface area contributed by atoms with Crippen LogP contribution in [0.15, 0.2) is 35.3 Å². The molecule has 25 heavy (non-hydrogen) atoms. The molecule has 2 aliphatic heterocycles. The molecule has 2 saturated heterocycles. The fraction of sp³-hybridized carbons (Fsp3) is 0.650. The summed E-state index contributed by atoms with van der Waals surface area (Å²) in [6, 6.07) is 10.9. The molecule has 1 aromatic carbocycles. The highest BCUT2D eigenvalue weighted by Gasteiger charge is 2.35. The average molecular weight is 362 g/mol. The fourth-order valence-electron chi connectivity index (χ4n) is 3.84. The van der Waals surface area contributed by atoms with E-state index in [4.69, 9.17) is 4.74 Å². The quantitative estimate of drug-likeness (QED) is 0.625. The zero-order valence-corrected chi connectivity index (χ0v) is 16.3. The van der Waals surface area contributed by atoms with E-state index in [9.17, 15) is 0 Å². The standard InChI is InChI=1S/C20H31N3OS/c1-19(9-6-14-25-19)15-22-18(21-2)23-16-20(10-12-24-13-11-20)17-7-4-3-5-8-17/h3-5,7-8H,6,9-16H2,1-2H3,(H2,21,22,23). The summed E-state index contributed by atoms with van der Waals surface area (Å²) in [7, 11) is 1.86. The number of aliphatic imine (C=N–C) groups is 1. The van der Waals surface area contributed by atoms with Crippen LogP contribution in [0.4, 0.5) is 0 Å². The predicted molar refractivity (Wildman–Crippen MR) is 108 cm³/mol. The molecule has 4 nitrogen and oxygen atoms in total. The minimum atomic E-state index is 0.128. The van der Waals surface area contributed by atoms with Crippen LogP contribution in [-0.4, -0.2) is 49.8 Å². The molecule has 0 saturated carbocycles. The van der Waals surface area contributed by atoms with Crippen molar-refractivity contribution in [3.8, 4) is 0 Å². The van der Waals surface area contributed by atoms with Gasteiger partial charge in [0.15, 0.2) is 5.96 Å². The third kappa shape index (κ3) is 4.70. The minimum absolute atomic E-state index is 0.128. The molecule has 0 bridgehead atoms. The molecule has 2 aliphatic rings. The Hall–Kier alpha value is -1.20. The molecule has 2 fully saturated rings. The van der Waals surface area contributed by atoms with E-state index in [1.54, 1.807) is 0 Å². The predicted octanol–water partition coefficient (Wildman–Crippen LogP) is 3.19. The van der Waals surface area contributed by atoms with E-state index in [0.717, 1.165) is 45.1 Å². The number of hydrogen-bond acceptors (Lipinski definition) is 3. The van der Waals surface area contributed by atoms with Crippen molar-refractivity contribution in [3.05, 3.63) is 35.9 Å². The van der Waals surface area contributed by atoms with Gasteiger partial charge >= 0.3 is 0 Å². The molecule has 0 spiro atoms. The lowest BCUT2D eigenvalue weighted by Gasteiger charge is -2.38. The second-order valence-electron chi connectivity index (χ2n) is 7.44. The molecule has 1 unspecified atom stereocenters. The molecule has 2 heterocycles. The Morgan fingerprint density at radius 1 is 1.12 bits per heavy atom. The molecule has 0 radical (unpaired) electrons. The summed E-state index contributed by atoms with van der Waals surface area (Å²) >= 11 is 2.08. The van der Waals surface area contributed by atoms with Crippen LogP contribution >= 0.6 is 11.8 Å². The van der Waals surface area contributed by atoms with Crippen LogP contribution in [-0.2, 0) is 10.2 Å². The maximum absolute atomic E-state index is 5.63. The van der Waals surface area contributed by atoms with Gasteiger partial charge in [-0.05, 0) is 43.9 Å². The van der Waals surface area contributed by atoms with Gasteiger partial charge in [0.1, 0.15) is 0 Å². The van der Waals surface area contributed by atoms with Gasteiger partial charge < -0.3 is 15.4 Å². The number of hydrogen-bond donors (Lipinski definition) is 2. The lowest BCUT2D eigenvalue weighted by molar-refractivity contribution is 0.0514. The van der Waals surface area contributed by atoms with E-state index in [2.05, 4.69) is 64.6 Å². The molecular formula is C20H31N3OS. The lowest BCUT2D eigenvalue weighted by Crippen LogP contribution is -2.50. The molecule has 0 aromatic heterocycles. The molecule has 3 rings (SSSR count). The largest absolute Gasteiger partial charge is 0.381 e. The van der Waals surface area contributed by atoms with Crippen LogP contribution in [0, 0.1) is 0 Å². The summed E-state index contributed by atoms with van der Waals surface area (Å²) in [5.74, 6) is 2.19. The van der Waals surface area contributed by atoms with Crippen molar-refractivity contribution in [2.45, 2.75) is 42.8 Å². The SMILES string of the molecule is CN=C(NCC1(C)CCCS1)NCC1(c2ccccc2)CCOCC1. The summed E-state index contributed by atoms with van der Waals surface area (Å²) in [6.07, 6.45) is 4.71. The van der Waals surface area contributed by atoms with Gasteiger partial charge in [-0.1, -0.05) is 30.3 Å². The molecule has 1 atom stereocenters. The van der Waals surface area contributed by atoms with Crippen molar-refractivity contribution in [2.75, 3.05) is 39.1 Å². The maximum Gasteiger partial charge on any atom is 0.191 e. The van der Waals surface area contributed by atoms with Crippen LogP contribution in [0.25, 0.3) is 0 Å². The highest BCUT2D eigenvalue weighted by molar-refractivity contribution is 8.00. The van der Waals surface area contributed by atoms with Gasteiger partial charge in [-0.15, -0.1) is 0 Å². The average Bonchev–Trinajstić information content (AvgIpc) is 3.10. The third-order valence-corrected chi connectivity index (χ3v) is 7.12. The van der Waals surface area contributed by atoms with Crippen molar-refractivity contribution in [1.29, 1.82) is 0 Å². The van der Waals surface area contributed by atoms with E-state index in [-0.39, 0.29) is 5.41 Å². The molecule has 1 aromatic rings. The number of nitrogens with zero attached hydrogens (tertiary/aromatic N) is 1. The molecule has 0 amide bonds. The lowest BCUT2D eigenvalue weighted by atomic mass is 9.74. The Morgan fingerprint density at radius 2 is 1.84 bits per heavy atom. The summed E-state index contributed by atoms with van der Waals surface area (Å²) in [5.41, 5.74) is 1.53. The van der Waals surface area contributed by atoms with Crippen LogP contribution in [0.3, 0.4) is 0 Å². The molecule has 0 aliphatic carbocycles. The Labute approximate surface area is 156 Å². The Morgan fingerprint density at radius 3 is 2.48 bits per heavy atom. The molecule has 5 heteroatoms. The van der Waals surface area contributed by atoms with Crippen LogP contribution < -0.4 is 10.6 Å². The first-order valence-electron chi connectivity index (χ1n) is 9.38. The third-order valence-electron chi connectivity index (χ3n) is 5.58. The van der Waals surface area contributed by atoms with Crippen LogP contribution in [0.5, 0.6) is 0 Å². The van der Waals surface area contributed by atoms with Gasteiger partial charge in [0.2, 0.25) is 0 Å². The van der Waals surface area contributed by atoms with Gasteiger partial charge in [-0.2, -0.15) is 11.8 Å². The van der Waals surface area contributed by atoms with E-state index >= 15 is 0 Å². The zero-order chi connectivity index (χ0) is 17.6. The number of rotatable bonds is 5. The maximum atomic E-state index is 5.63. The Balaban J connectivity index is 1.61. The molecular weight excluding hydrogens is 330 g/mol. The van der Waals surface area contributed by atoms with Gasteiger partial charge in [0.25, 0.3) is 0 Å². The van der Waals surface area contributed by atoms with Gasteiger partial charge in [0.05, 0.1) is 0 Å². The number of ether oxygens (including phenoxy) is 1.